The number of halogens is 3. The number of nitrogens with zero attached hydrogens (tertiary/aromatic N) is 1. The van der Waals surface area contributed by atoms with Crippen LogP contribution in [0.5, 0.6) is 0 Å². The summed E-state index contributed by atoms with van der Waals surface area (Å²) in [6, 6.07) is 4.07. The number of nitro groups is 1. The van der Waals surface area contributed by atoms with Gasteiger partial charge in [0, 0.05) is 17.5 Å². The zero-order chi connectivity index (χ0) is 16.7. The molecule has 2 N–H and O–H groups in total. The van der Waals surface area contributed by atoms with Crippen molar-refractivity contribution in [2.24, 2.45) is 0 Å². The van der Waals surface area contributed by atoms with Crippen LogP contribution in [0, 0.1) is 10.1 Å². The number of hydrogen-bond acceptors (Lipinski definition) is 5. The molecule has 0 spiro atoms. The fraction of sp³-hybridized carbons (Fsp3) is 0.100. The van der Waals surface area contributed by atoms with Crippen LogP contribution >= 0.6 is 0 Å². The van der Waals surface area contributed by atoms with E-state index in [2.05, 4.69) is 4.98 Å². The van der Waals surface area contributed by atoms with Crippen LogP contribution in [0.25, 0.3) is 10.9 Å². The highest BCUT2D eigenvalue weighted by Gasteiger charge is 2.46. The van der Waals surface area contributed by atoms with Crippen molar-refractivity contribution in [2.45, 2.75) is 5.51 Å². The molecule has 1 aromatic carbocycles. The van der Waals surface area contributed by atoms with E-state index in [4.69, 9.17) is 0 Å². The summed E-state index contributed by atoms with van der Waals surface area (Å²) in [4.78, 5) is 23.5. The first-order valence-corrected chi connectivity index (χ1v) is 6.90. The van der Waals surface area contributed by atoms with Crippen molar-refractivity contribution in [1.29, 1.82) is 0 Å². The number of aromatic amines is 1. The normalized spacial score (nSPS) is 12.3. The smallest absolute Gasteiger partial charge is 0.320 e. The molecule has 0 saturated carbocycles. The molecule has 0 aliphatic rings. The van der Waals surface area contributed by atoms with Crippen molar-refractivity contribution in [1.82, 2.24) is 4.98 Å². The Morgan fingerprint density at radius 3 is 2.41 bits per heavy atom. The molecule has 1 heterocycles. The van der Waals surface area contributed by atoms with Crippen LogP contribution in [0.2, 0.25) is 0 Å². The van der Waals surface area contributed by atoms with Crippen molar-refractivity contribution in [3.63, 3.8) is 0 Å². The molecule has 22 heavy (non-hydrogen) atoms. The Bertz CT molecular complexity index is 920. The summed E-state index contributed by atoms with van der Waals surface area (Å²) >= 11 is 0. The molecule has 1 aromatic heterocycles. The van der Waals surface area contributed by atoms with Gasteiger partial charge in [-0.2, -0.15) is 21.6 Å². The Balaban J connectivity index is 2.54. The maximum atomic E-state index is 12.3. The first-order chi connectivity index (χ1) is 10.0. The van der Waals surface area contributed by atoms with E-state index < -0.39 is 31.7 Å². The van der Waals surface area contributed by atoms with E-state index in [1.165, 1.54) is 0 Å². The van der Waals surface area contributed by atoms with Gasteiger partial charge in [-0.05, 0) is 12.1 Å². The molecule has 0 fully saturated rings. The molecule has 0 aliphatic carbocycles. The van der Waals surface area contributed by atoms with Crippen molar-refractivity contribution < 1.29 is 26.5 Å². The number of anilines is 1. The van der Waals surface area contributed by atoms with Crippen LogP contribution in [0.4, 0.5) is 24.5 Å². The number of rotatable bonds is 3. The number of non-ortho nitro benzene ring substituents is 1. The largest absolute Gasteiger partial charge is 0.516 e. The molecule has 2 rings (SSSR count). The van der Waals surface area contributed by atoms with Gasteiger partial charge in [0.15, 0.2) is 0 Å². The summed E-state index contributed by atoms with van der Waals surface area (Å²) in [5, 5.41) is 10.7. The predicted molar refractivity (Wildman–Crippen MR) is 69.8 cm³/mol. The Morgan fingerprint density at radius 2 is 1.86 bits per heavy atom. The lowest BCUT2D eigenvalue weighted by Gasteiger charge is -2.10. The van der Waals surface area contributed by atoms with Gasteiger partial charge >= 0.3 is 15.5 Å². The Hall–Kier alpha value is -2.63. The van der Waals surface area contributed by atoms with Gasteiger partial charge in [0.25, 0.3) is 11.2 Å². The summed E-state index contributed by atoms with van der Waals surface area (Å²) in [6.07, 6.45) is 0. The fourth-order valence-electron chi connectivity index (χ4n) is 1.58. The second kappa shape index (κ2) is 4.98. The minimum absolute atomic E-state index is 0.0193. The quantitative estimate of drug-likeness (QED) is 0.652. The summed E-state index contributed by atoms with van der Waals surface area (Å²) in [5.41, 5.74) is -7.95. The third-order valence-electron chi connectivity index (χ3n) is 2.59. The number of fused-ring (bicyclic) bond motifs is 1. The van der Waals surface area contributed by atoms with Crippen LogP contribution in [0.15, 0.2) is 29.1 Å². The number of aromatic nitrogens is 1. The summed E-state index contributed by atoms with van der Waals surface area (Å²) in [7, 11) is -5.74. The minimum Gasteiger partial charge on any atom is -0.320 e. The van der Waals surface area contributed by atoms with E-state index in [1.54, 1.807) is 0 Å². The molecular formula is C10H6F3N3O5S. The average Bonchev–Trinajstić information content (AvgIpc) is 2.37. The summed E-state index contributed by atoms with van der Waals surface area (Å²) in [5.74, 6) is 0. The number of sulfonamides is 1. The van der Waals surface area contributed by atoms with Gasteiger partial charge in [0.05, 0.1) is 10.4 Å². The van der Waals surface area contributed by atoms with Crippen LogP contribution < -0.4 is 10.3 Å². The lowest BCUT2D eigenvalue weighted by Crippen LogP contribution is -2.32. The number of nitrogens with one attached hydrogen (secondary N) is 2. The van der Waals surface area contributed by atoms with E-state index in [9.17, 15) is 36.5 Å². The lowest BCUT2D eigenvalue weighted by molar-refractivity contribution is -0.384. The van der Waals surface area contributed by atoms with Crippen molar-refractivity contribution in [2.75, 3.05) is 4.72 Å². The zero-order valence-electron chi connectivity index (χ0n) is 10.3. The Kier molecular flexibility index (Phi) is 3.56. The monoisotopic (exact) mass is 337 g/mol. The number of alkyl halides is 3. The van der Waals surface area contributed by atoms with Crippen LogP contribution in [0.3, 0.4) is 0 Å². The van der Waals surface area contributed by atoms with Gasteiger partial charge in [0.2, 0.25) is 0 Å². The molecule has 0 saturated heterocycles. The van der Waals surface area contributed by atoms with E-state index in [-0.39, 0.29) is 16.6 Å². The van der Waals surface area contributed by atoms with E-state index in [0.717, 1.165) is 29.0 Å². The van der Waals surface area contributed by atoms with Crippen LogP contribution in [-0.2, 0) is 10.0 Å². The molecule has 0 atom stereocenters. The molecule has 0 bridgehead atoms. The Labute approximate surface area is 119 Å². The highest BCUT2D eigenvalue weighted by Crippen LogP contribution is 2.25. The molecule has 0 radical (unpaired) electrons. The third kappa shape index (κ3) is 2.86. The van der Waals surface area contributed by atoms with Crippen molar-refractivity contribution in [3.05, 3.63) is 44.7 Å². The van der Waals surface area contributed by atoms with Gasteiger partial charge in [-0.25, -0.2) is 0 Å². The third-order valence-corrected chi connectivity index (χ3v) is 3.69. The Morgan fingerprint density at radius 1 is 1.23 bits per heavy atom. The zero-order valence-corrected chi connectivity index (χ0v) is 11.2. The highest BCUT2D eigenvalue weighted by molar-refractivity contribution is 7.93. The summed E-state index contributed by atoms with van der Waals surface area (Å²) < 4.78 is 59.9. The topological polar surface area (TPSA) is 122 Å². The first kappa shape index (κ1) is 15.8. The summed E-state index contributed by atoms with van der Waals surface area (Å²) in [6.45, 7) is 0. The first-order valence-electron chi connectivity index (χ1n) is 5.42. The molecule has 12 heteroatoms. The van der Waals surface area contributed by atoms with Gasteiger partial charge < -0.3 is 4.98 Å². The molecule has 0 unspecified atom stereocenters. The second-order valence-electron chi connectivity index (χ2n) is 4.09. The molecule has 8 nitrogen and oxygen atoms in total. The molecule has 2 aromatic rings. The average molecular weight is 337 g/mol. The lowest BCUT2D eigenvalue weighted by atomic mass is 10.2. The molecule has 118 valence electrons. The van der Waals surface area contributed by atoms with E-state index >= 15 is 0 Å². The maximum absolute atomic E-state index is 12.3. The number of benzene rings is 1. The number of hydrogen-bond donors (Lipinski definition) is 2. The number of nitro benzene ring substituents is 1. The van der Waals surface area contributed by atoms with E-state index in [1.807, 2.05) is 0 Å². The van der Waals surface area contributed by atoms with Gasteiger partial charge in [-0.15, -0.1) is 0 Å². The second-order valence-corrected chi connectivity index (χ2v) is 5.77. The number of pyridine rings is 1. The van der Waals surface area contributed by atoms with Crippen LogP contribution in [-0.4, -0.2) is 23.8 Å². The van der Waals surface area contributed by atoms with Gasteiger partial charge in [0.1, 0.15) is 5.69 Å². The maximum Gasteiger partial charge on any atom is 0.516 e. The molecule has 0 aliphatic heterocycles. The van der Waals surface area contributed by atoms with Crippen molar-refractivity contribution in [3.8, 4) is 0 Å². The fourth-order valence-corrected chi connectivity index (χ4v) is 2.14. The van der Waals surface area contributed by atoms with Crippen LogP contribution in [0.1, 0.15) is 0 Å². The predicted octanol–water partition coefficient (Wildman–Crippen LogP) is 1.70. The molecule has 0 amide bonds. The number of H-pyrrole nitrogens is 1. The van der Waals surface area contributed by atoms with Crippen molar-refractivity contribution >= 4 is 32.3 Å². The van der Waals surface area contributed by atoms with Gasteiger partial charge in [-0.1, -0.05) is 0 Å². The van der Waals surface area contributed by atoms with E-state index in [0.29, 0.717) is 0 Å². The SMILES string of the molecule is O=c1[nH]c2cc([N+](=O)[O-])ccc2cc1NS(=O)(=O)C(F)(F)F. The molecular weight excluding hydrogens is 331 g/mol. The standard InChI is InChI=1S/C10H6F3N3O5S/c11-10(12,13)22(20,21)15-8-3-5-1-2-6(16(18)19)4-7(5)14-9(8)17/h1-4,15H,(H,14,17). The highest BCUT2D eigenvalue weighted by atomic mass is 32.2. The van der Waals surface area contributed by atoms with Gasteiger partial charge in [-0.3, -0.25) is 19.6 Å². The minimum atomic E-state index is -5.74.